The molecule has 39 heavy (non-hydrogen) atoms. The first-order valence-electron chi connectivity index (χ1n) is 11.9. The van der Waals surface area contributed by atoms with Crippen LogP contribution in [-0.4, -0.2) is 27.1 Å². The van der Waals surface area contributed by atoms with E-state index in [0.717, 1.165) is 15.4 Å². The van der Waals surface area contributed by atoms with E-state index in [1.54, 1.807) is 60.7 Å². The Balaban J connectivity index is 1.41. The van der Waals surface area contributed by atoms with Gasteiger partial charge < -0.3 is 4.74 Å². The second kappa shape index (κ2) is 12.8. The zero-order chi connectivity index (χ0) is 27.8. The molecule has 4 aromatic carbocycles. The van der Waals surface area contributed by atoms with Crippen molar-refractivity contribution in [3.05, 3.63) is 124 Å². The summed E-state index contributed by atoms with van der Waals surface area (Å²) in [5.41, 5.74) is 5.15. The van der Waals surface area contributed by atoms with Gasteiger partial charge in [-0.2, -0.15) is 5.10 Å². The highest BCUT2D eigenvalue weighted by Crippen LogP contribution is 2.26. The van der Waals surface area contributed by atoms with Gasteiger partial charge in [-0.05, 0) is 73.2 Å². The number of nitrogens with one attached hydrogen (secondary N) is 1. The SMILES string of the molecule is Cc1ccc(S(=O)(=O)N(CC(=O)N/N=C\c2ccc(OCc3ccccc3Cl)cc2)c2cccc(Cl)c2)cc1. The van der Waals surface area contributed by atoms with Gasteiger partial charge >= 0.3 is 0 Å². The molecule has 0 heterocycles. The maximum atomic E-state index is 13.4. The van der Waals surface area contributed by atoms with E-state index >= 15 is 0 Å². The number of benzene rings is 4. The number of hydrazone groups is 1. The smallest absolute Gasteiger partial charge is 0.264 e. The van der Waals surface area contributed by atoms with Crippen molar-refractivity contribution in [3.8, 4) is 5.75 Å². The topological polar surface area (TPSA) is 88.1 Å². The van der Waals surface area contributed by atoms with E-state index < -0.39 is 22.5 Å². The summed E-state index contributed by atoms with van der Waals surface area (Å²) in [6.07, 6.45) is 1.45. The molecule has 0 aliphatic heterocycles. The van der Waals surface area contributed by atoms with Crippen molar-refractivity contribution in [1.82, 2.24) is 5.43 Å². The molecule has 0 unspecified atom stereocenters. The lowest BCUT2D eigenvalue weighted by molar-refractivity contribution is -0.119. The summed E-state index contributed by atoms with van der Waals surface area (Å²) in [5.74, 6) is 0.0242. The molecule has 0 aliphatic rings. The molecule has 1 N–H and O–H groups in total. The quantitative estimate of drug-likeness (QED) is 0.178. The number of anilines is 1. The minimum atomic E-state index is -4.05. The second-order valence-electron chi connectivity index (χ2n) is 8.55. The summed E-state index contributed by atoms with van der Waals surface area (Å²) in [5, 5.41) is 4.96. The second-order valence-corrected chi connectivity index (χ2v) is 11.3. The van der Waals surface area contributed by atoms with Gasteiger partial charge in [-0.1, -0.05) is 65.2 Å². The summed E-state index contributed by atoms with van der Waals surface area (Å²) in [6, 6.07) is 27.2. The third kappa shape index (κ3) is 7.60. The molecule has 0 radical (unpaired) electrons. The molecule has 200 valence electrons. The predicted octanol–water partition coefficient (Wildman–Crippen LogP) is 6.23. The predicted molar refractivity (Wildman–Crippen MR) is 155 cm³/mol. The highest BCUT2D eigenvalue weighted by atomic mass is 35.5. The van der Waals surface area contributed by atoms with Gasteiger partial charge in [0.15, 0.2) is 0 Å². The molecule has 1 amide bonds. The lowest BCUT2D eigenvalue weighted by Gasteiger charge is -2.24. The fourth-order valence-electron chi connectivity index (χ4n) is 3.56. The number of rotatable bonds is 10. The van der Waals surface area contributed by atoms with Crippen molar-refractivity contribution in [2.45, 2.75) is 18.4 Å². The van der Waals surface area contributed by atoms with E-state index in [-0.39, 0.29) is 10.6 Å². The number of aryl methyl sites for hydroxylation is 1. The summed E-state index contributed by atoms with van der Waals surface area (Å²) in [4.78, 5) is 12.8. The first-order chi connectivity index (χ1) is 18.7. The first-order valence-corrected chi connectivity index (χ1v) is 14.0. The number of carbonyl (C=O) groups excluding carboxylic acids is 1. The number of nitrogens with zero attached hydrogens (tertiary/aromatic N) is 2. The van der Waals surface area contributed by atoms with Gasteiger partial charge in [0.2, 0.25) is 0 Å². The van der Waals surface area contributed by atoms with Crippen molar-refractivity contribution >= 4 is 51.0 Å². The number of hydrogen-bond acceptors (Lipinski definition) is 5. The van der Waals surface area contributed by atoms with E-state index in [1.165, 1.54) is 24.4 Å². The van der Waals surface area contributed by atoms with Crippen LogP contribution in [0.4, 0.5) is 5.69 Å². The Hall–Kier alpha value is -3.85. The van der Waals surface area contributed by atoms with Crippen LogP contribution in [-0.2, 0) is 21.4 Å². The van der Waals surface area contributed by atoms with Crippen LogP contribution in [0.15, 0.2) is 107 Å². The zero-order valence-corrected chi connectivity index (χ0v) is 23.2. The number of sulfonamides is 1. The van der Waals surface area contributed by atoms with E-state index in [2.05, 4.69) is 10.5 Å². The van der Waals surface area contributed by atoms with Crippen molar-refractivity contribution in [1.29, 1.82) is 0 Å². The van der Waals surface area contributed by atoms with Gasteiger partial charge in [0.1, 0.15) is 18.9 Å². The minimum Gasteiger partial charge on any atom is -0.489 e. The molecule has 0 aromatic heterocycles. The van der Waals surface area contributed by atoms with E-state index in [0.29, 0.717) is 28.0 Å². The van der Waals surface area contributed by atoms with Crippen LogP contribution in [0.5, 0.6) is 5.75 Å². The minimum absolute atomic E-state index is 0.0567. The highest BCUT2D eigenvalue weighted by molar-refractivity contribution is 7.92. The molecule has 0 saturated heterocycles. The molecule has 4 aromatic rings. The number of carbonyl (C=O) groups is 1. The summed E-state index contributed by atoms with van der Waals surface area (Å²) in [7, 11) is -4.05. The van der Waals surface area contributed by atoms with E-state index in [4.69, 9.17) is 27.9 Å². The lowest BCUT2D eigenvalue weighted by Crippen LogP contribution is -2.39. The number of hydrogen-bond donors (Lipinski definition) is 1. The molecule has 0 saturated carbocycles. The monoisotopic (exact) mass is 581 g/mol. The Morgan fingerprint density at radius 3 is 2.36 bits per heavy atom. The number of ether oxygens (including phenoxy) is 1. The Morgan fingerprint density at radius 2 is 1.67 bits per heavy atom. The largest absolute Gasteiger partial charge is 0.489 e. The Labute approximate surface area is 237 Å². The molecular formula is C29H25Cl2N3O4S. The molecule has 0 aliphatic carbocycles. The van der Waals surface area contributed by atoms with Crippen LogP contribution >= 0.6 is 23.2 Å². The van der Waals surface area contributed by atoms with E-state index in [1.807, 2.05) is 25.1 Å². The van der Waals surface area contributed by atoms with Crippen molar-refractivity contribution < 1.29 is 17.9 Å². The molecule has 0 spiro atoms. The van der Waals surface area contributed by atoms with Crippen LogP contribution in [0.2, 0.25) is 10.0 Å². The number of amides is 1. The Bertz CT molecular complexity index is 1580. The van der Waals surface area contributed by atoms with Gasteiger partial charge in [0, 0.05) is 15.6 Å². The average Bonchev–Trinajstić information content (AvgIpc) is 2.92. The fourth-order valence-corrected chi connectivity index (χ4v) is 5.34. The zero-order valence-electron chi connectivity index (χ0n) is 20.9. The van der Waals surface area contributed by atoms with Crippen molar-refractivity contribution in [2.75, 3.05) is 10.8 Å². The van der Waals surface area contributed by atoms with Crippen LogP contribution in [0.25, 0.3) is 0 Å². The van der Waals surface area contributed by atoms with E-state index in [9.17, 15) is 13.2 Å². The number of halogens is 2. The van der Waals surface area contributed by atoms with Gasteiger partial charge in [0.25, 0.3) is 15.9 Å². The summed E-state index contributed by atoms with van der Waals surface area (Å²) < 4.78 is 33.6. The maximum absolute atomic E-state index is 13.4. The third-order valence-electron chi connectivity index (χ3n) is 5.63. The average molecular weight is 583 g/mol. The fraction of sp³-hybridized carbons (Fsp3) is 0.103. The molecule has 10 heteroatoms. The molecule has 4 rings (SSSR count). The van der Waals surface area contributed by atoms with Crippen LogP contribution < -0.4 is 14.5 Å². The lowest BCUT2D eigenvalue weighted by atomic mass is 10.2. The first kappa shape index (κ1) is 28.2. The normalized spacial score (nSPS) is 11.4. The van der Waals surface area contributed by atoms with Crippen LogP contribution in [0, 0.1) is 6.92 Å². The molecule has 0 fully saturated rings. The molecular weight excluding hydrogens is 557 g/mol. The van der Waals surface area contributed by atoms with Gasteiger partial charge in [-0.15, -0.1) is 0 Å². The van der Waals surface area contributed by atoms with Crippen LogP contribution in [0.1, 0.15) is 16.7 Å². The van der Waals surface area contributed by atoms with Crippen LogP contribution in [0.3, 0.4) is 0 Å². The Morgan fingerprint density at radius 1 is 0.949 bits per heavy atom. The van der Waals surface area contributed by atoms with Gasteiger partial charge in [0.05, 0.1) is 16.8 Å². The molecule has 0 bridgehead atoms. The van der Waals surface area contributed by atoms with Crippen molar-refractivity contribution in [3.63, 3.8) is 0 Å². The third-order valence-corrected chi connectivity index (χ3v) is 8.02. The van der Waals surface area contributed by atoms with Gasteiger partial charge in [-0.3, -0.25) is 9.10 Å². The van der Waals surface area contributed by atoms with Gasteiger partial charge in [-0.25, -0.2) is 13.8 Å². The molecule has 0 atom stereocenters. The highest BCUT2D eigenvalue weighted by Gasteiger charge is 2.27. The molecule has 7 nitrogen and oxygen atoms in total. The summed E-state index contributed by atoms with van der Waals surface area (Å²) in [6.45, 7) is 1.69. The standard InChI is InChI=1S/C29H25Cl2N3O4S/c1-21-9-15-27(16-10-21)39(36,37)34(25-7-4-6-24(30)17-25)19-29(35)33-32-18-22-11-13-26(14-12-22)38-20-23-5-2-3-8-28(23)31/h2-18H,19-20H2,1H3,(H,33,35)/b32-18-. The van der Waals surface area contributed by atoms with Crippen molar-refractivity contribution in [2.24, 2.45) is 5.10 Å². The maximum Gasteiger partial charge on any atom is 0.264 e. The Kier molecular flexibility index (Phi) is 9.24. The summed E-state index contributed by atoms with van der Waals surface area (Å²) >= 11 is 12.3.